The van der Waals surface area contributed by atoms with Crippen molar-refractivity contribution in [2.75, 3.05) is 19.3 Å². The van der Waals surface area contributed by atoms with E-state index >= 15 is 0 Å². The lowest BCUT2D eigenvalue weighted by molar-refractivity contribution is 0.102. The van der Waals surface area contributed by atoms with Crippen LogP contribution in [0, 0.1) is 27.7 Å². The maximum Gasteiger partial charge on any atom is 0.173 e. The standard InChI is InChI=1S/C22H28N2OS/c1-7-24(6)14-23-21-12-17(4)20(11-18(21)5)22(25)13-26-19-9-8-15(2)16(3)10-19/h8-12,14H,7,13H2,1-6H3. The molecule has 0 aromatic heterocycles. The van der Waals surface area contributed by atoms with Gasteiger partial charge in [0.15, 0.2) is 5.78 Å². The fraction of sp³-hybridized carbons (Fsp3) is 0.364. The summed E-state index contributed by atoms with van der Waals surface area (Å²) in [5.41, 5.74) is 6.25. The molecule has 4 heteroatoms. The predicted molar refractivity (Wildman–Crippen MR) is 113 cm³/mol. The number of aryl methyl sites for hydroxylation is 4. The molecule has 0 atom stereocenters. The molecule has 0 fully saturated rings. The average molecular weight is 369 g/mol. The summed E-state index contributed by atoms with van der Waals surface area (Å²) in [6.45, 7) is 11.2. The molecule has 2 aromatic carbocycles. The number of carbonyl (C=O) groups is 1. The van der Waals surface area contributed by atoms with Gasteiger partial charge in [-0.3, -0.25) is 4.79 Å². The molecular formula is C22H28N2OS. The van der Waals surface area contributed by atoms with Crippen molar-refractivity contribution in [1.29, 1.82) is 0 Å². The Kier molecular flexibility index (Phi) is 7.04. The van der Waals surface area contributed by atoms with Crippen LogP contribution in [-0.4, -0.2) is 36.4 Å². The number of ketones is 1. The quantitative estimate of drug-likeness (QED) is 0.280. The SMILES string of the molecule is CCN(C)C=Nc1cc(C)c(C(=O)CSc2ccc(C)c(C)c2)cc1C. The monoisotopic (exact) mass is 368 g/mol. The number of benzene rings is 2. The third-order valence-electron chi connectivity index (χ3n) is 4.58. The van der Waals surface area contributed by atoms with Crippen molar-refractivity contribution in [3.8, 4) is 0 Å². The van der Waals surface area contributed by atoms with Gasteiger partial charge in [0.2, 0.25) is 0 Å². The van der Waals surface area contributed by atoms with Crippen LogP contribution in [0.3, 0.4) is 0 Å². The van der Waals surface area contributed by atoms with Crippen LogP contribution >= 0.6 is 11.8 Å². The van der Waals surface area contributed by atoms with Gasteiger partial charge in [0.1, 0.15) is 0 Å². The Labute approximate surface area is 161 Å². The summed E-state index contributed by atoms with van der Waals surface area (Å²) in [4.78, 5) is 20.4. The summed E-state index contributed by atoms with van der Waals surface area (Å²) in [5.74, 6) is 0.610. The van der Waals surface area contributed by atoms with Crippen molar-refractivity contribution < 1.29 is 4.79 Å². The maximum atomic E-state index is 12.7. The van der Waals surface area contributed by atoms with E-state index in [1.54, 1.807) is 11.8 Å². The van der Waals surface area contributed by atoms with Crippen LogP contribution in [0.4, 0.5) is 5.69 Å². The van der Waals surface area contributed by atoms with Crippen molar-refractivity contribution in [3.05, 3.63) is 58.1 Å². The van der Waals surface area contributed by atoms with E-state index < -0.39 is 0 Å². The number of aliphatic imine (C=N–C) groups is 1. The molecule has 0 saturated carbocycles. The first-order chi connectivity index (χ1) is 12.3. The summed E-state index contributed by atoms with van der Waals surface area (Å²) in [5, 5.41) is 0. The zero-order chi connectivity index (χ0) is 19.3. The fourth-order valence-electron chi connectivity index (χ4n) is 2.51. The lowest BCUT2D eigenvalue weighted by Crippen LogP contribution is -2.14. The summed E-state index contributed by atoms with van der Waals surface area (Å²) in [7, 11) is 1.99. The third-order valence-corrected chi connectivity index (χ3v) is 5.58. The summed E-state index contributed by atoms with van der Waals surface area (Å²) >= 11 is 1.60. The van der Waals surface area contributed by atoms with Gasteiger partial charge in [0.05, 0.1) is 17.8 Å². The summed E-state index contributed by atoms with van der Waals surface area (Å²) < 4.78 is 0. The van der Waals surface area contributed by atoms with E-state index in [2.05, 4.69) is 44.0 Å². The van der Waals surface area contributed by atoms with Crippen LogP contribution in [0.2, 0.25) is 0 Å². The minimum absolute atomic E-state index is 0.162. The first-order valence-corrected chi connectivity index (χ1v) is 9.89. The van der Waals surface area contributed by atoms with E-state index in [0.29, 0.717) is 5.75 Å². The molecule has 0 N–H and O–H groups in total. The maximum absolute atomic E-state index is 12.7. The lowest BCUT2D eigenvalue weighted by Gasteiger charge is -2.11. The van der Waals surface area contributed by atoms with Crippen LogP contribution in [-0.2, 0) is 0 Å². The molecular weight excluding hydrogens is 340 g/mol. The van der Waals surface area contributed by atoms with Gasteiger partial charge in [0.25, 0.3) is 0 Å². The van der Waals surface area contributed by atoms with Crippen molar-refractivity contribution in [2.24, 2.45) is 4.99 Å². The number of hydrogen-bond acceptors (Lipinski definition) is 3. The Morgan fingerprint density at radius 3 is 2.42 bits per heavy atom. The van der Waals surface area contributed by atoms with Crippen molar-refractivity contribution in [3.63, 3.8) is 0 Å². The second-order valence-corrected chi connectivity index (χ2v) is 7.78. The Morgan fingerprint density at radius 1 is 1.04 bits per heavy atom. The molecule has 0 saturated heterocycles. The largest absolute Gasteiger partial charge is 0.366 e. The molecule has 0 radical (unpaired) electrons. The molecule has 0 unspecified atom stereocenters. The van der Waals surface area contributed by atoms with Gasteiger partial charge in [-0.2, -0.15) is 0 Å². The van der Waals surface area contributed by atoms with E-state index in [0.717, 1.165) is 33.8 Å². The molecule has 26 heavy (non-hydrogen) atoms. The van der Waals surface area contributed by atoms with E-state index in [4.69, 9.17) is 0 Å². The Bertz CT molecular complexity index is 827. The van der Waals surface area contributed by atoms with Crippen LogP contribution in [0.25, 0.3) is 0 Å². The number of nitrogens with zero attached hydrogens (tertiary/aromatic N) is 2. The van der Waals surface area contributed by atoms with E-state index in [9.17, 15) is 4.79 Å². The summed E-state index contributed by atoms with van der Waals surface area (Å²) in [6.07, 6.45) is 1.83. The molecule has 3 nitrogen and oxygen atoms in total. The van der Waals surface area contributed by atoms with E-state index in [-0.39, 0.29) is 5.78 Å². The number of thioether (sulfide) groups is 1. The Balaban J connectivity index is 2.12. The zero-order valence-corrected chi connectivity index (χ0v) is 17.4. The molecule has 0 bridgehead atoms. The predicted octanol–water partition coefficient (Wildman–Crippen LogP) is 5.51. The second kappa shape index (κ2) is 9.04. The minimum atomic E-state index is 0.162. The van der Waals surface area contributed by atoms with Gasteiger partial charge in [-0.05, 0) is 81.1 Å². The number of rotatable bonds is 7. The van der Waals surface area contributed by atoms with Gasteiger partial charge in [-0.1, -0.05) is 6.07 Å². The van der Waals surface area contributed by atoms with Gasteiger partial charge < -0.3 is 4.90 Å². The molecule has 0 aliphatic heterocycles. The zero-order valence-electron chi connectivity index (χ0n) is 16.6. The molecule has 0 spiro atoms. The molecule has 0 aliphatic carbocycles. The first-order valence-electron chi connectivity index (χ1n) is 8.90. The number of Topliss-reactive ketones (excluding diaryl/α,β-unsaturated/α-hetero) is 1. The summed E-state index contributed by atoms with van der Waals surface area (Å²) in [6, 6.07) is 10.3. The van der Waals surface area contributed by atoms with Gasteiger partial charge in [-0.15, -0.1) is 11.8 Å². The normalized spacial score (nSPS) is 11.2. The fourth-order valence-corrected chi connectivity index (χ4v) is 3.39. The first kappa shape index (κ1) is 20.2. The Hall–Kier alpha value is -2.07. The third kappa shape index (κ3) is 5.21. The highest BCUT2D eigenvalue weighted by molar-refractivity contribution is 8.00. The molecule has 0 heterocycles. The van der Waals surface area contributed by atoms with Crippen LogP contribution in [0.15, 0.2) is 40.2 Å². The van der Waals surface area contributed by atoms with Gasteiger partial charge in [-0.25, -0.2) is 4.99 Å². The van der Waals surface area contributed by atoms with Gasteiger partial charge >= 0.3 is 0 Å². The highest BCUT2D eigenvalue weighted by Gasteiger charge is 2.12. The van der Waals surface area contributed by atoms with Crippen molar-refractivity contribution in [1.82, 2.24) is 4.90 Å². The lowest BCUT2D eigenvalue weighted by atomic mass is 10.0. The van der Waals surface area contributed by atoms with Crippen LogP contribution < -0.4 is 0 Å². The second-order valence-electron chi connectivity index (χ2n) is 6.73. The smallest absolute Gasteiger partial charge is 0.173 e. The Morgan fingerprint density at radius 2 is 1.77 bits per heavy atom. The average Bonchev–Trinajstić information content (AvgIpc) is 2.62. The number of carbonyl (C=O) groups excluding carboxylic acids is 1. The molecule has 0 amide bonds. The van der Waals surface area contributed by atoms with Crippen LogP contribution in [0.1, 0.15) is 39.5 Å². The van der Waals surface area contributed by atoms with Crippen molar-refractivity contribution >= 4 is 29.6 Å². The minimum Gasteiger partial charge on any atom is -0.366 e. The number of hydrogen-bond donors (Lipinski definition) is 0. The molecule has 2 rings (SSSR count). The van der Waals surface area contributed by atoms with E-state index in [1.807, 2.05) is 44.3 Å². The highest BCUT2D eigenvalue weighted by Crippen LogP contribution is 2.26. The topological polar surface area (TPSA) is 32.7 Å². The molecule has 2 aromatic rings. The highest BCUT2D eigenvalue weighted by atomic mass is 32.2. The molecule has 0 aliphatic rings. The van der Waals surface area contributed by atoms with E-state index in [1.165, 1.54) is 11.1 Å². The molecule has 138 valence electrons. The van der Waals surface area contributed by atoms with Gasteiger partial charge in [0, 0.05) is 24.1 Å². The van der Waals surface area contributed by atoms with Crippen LogP contribution in [0.5, 0.6) is 0 Å². The van der Waals surface area contributed by atoms with Crippen molar-refractivity contribution in [2.45, 2.75) is 39.5 Å².